The summed E-state index contributed by atoms with van der Waals surface area (Å²) in [6, 6.07) is 0. The number of alkyl halides is 2. The van der Waals surface area contributed by atoms with E-state index >= 15 is 0 Å². The number of rotatable bonds is 6. The van der Waals surface area contributed by atoms with Gasteiger partial charge in [-0.3, -0.25) is 18.7 Å². The number of halogens is 2. The van der Waals surface area contributed by atoms with E-state index in [1.54, 1.807) is 0 Å². The van der Waals surface area contributed by atoms with Gasteiger partial charge in [0.1, 0.15) is 11.4 Å². The minimum Gasteiger partial charge on any atom is -0.354 e. The second-order valence-electron chi connectivity index (χ2n) is 5.51. The van der Waals surface area contributed by atoms with Crippen LogP contribution in [0.5, 0.6) is 0 Å². The van der Waals surface area contributed by atoms with Crippen LogP contribution < -0.4 is 21.9 Å². The van der Waals surface area contributed by atoms with Crippen molar-refractivity contribution in [2.24, 2.45) is 7.05 Å². The van der Waals surface area contributed by atoms with Gasteiger partial charge in [-0.05, 0) is 6.42 Å². The number of hydrogen-bond acceptors (Lipinski definition) is 4. The number of unbranched alkanes of at least 4 members (excludes halogenated alkanes) is 3. The lowest BCUT2D eigenvalue weighted by Crippen LogP contribution is -2.55. The van der Waals surface area contributed by atoms with Crippen LogP contribution in [-0.2, 0) is 13.6 Å². The Hall–Kier alpha value is -2.19. The Morgan fingerprint density at radius 2 is 1.83 bits per heavy atom. The van der Waals surface area contributed by atoms with Crippen LogP contribution in [0.3, 0.4) is 0 Å². The van der Waals surface area contributed by atoms with E-state index < -0.39 is 29.7 Å². The lowest BCUT2D eigenvalue weighted by molar-refractivity contribution is 0.0764. The Kier molecular flexibility index (Phi) is 5.17. The van der Waals surface area contributed by atoms with Crippen molar-refractivity contribution in [3.8, 4) is 0 Å². The minimum atomic E-state index is -2.87. The number of hydrogen-bond donors (Lipinski definition) is 2. The van der Waals surface area contributed by atoms with Gasteiger partial charge in [-0.2, -0.15) is 0 Å². The third-order valence-corrected chi connectivity index (χ3v) is 3.83. The Morgan fingerprint density at radius 3 is 2.43 bits per heavy atom. The summed E-state index contributed by atoms with van der Waals surface area (Å²) in [5, 5.41) is 4.41. The fourth-order valence-corrected chi connectivity index (χ4v) is 2.57. The number of nitrogens with one attached hydrogen (secondary N) is 2. The zero-order valence-electron chi connectivity index (χ0n) is 13.1. The first-order valence-electron chi connectivity index (χ1n) is 7.57. The topological polar surface area (TPSA) is 85.1 Å². The molecule has 0 aromatic carbocycles. The van der Waals surface area contributed by atoms with E-state index in [0.29, 0.717) is 6.42 Å². The molecule has 1 aromatic rings. The van der Waals surface area contributed by atoms with Gasteiger partial charge in [0.2, 0.25) is 0 Å². The molecule has 1 aliphatic rings. The van der Waals surface area contributed by atoms with E-state index in [1.165, 1.54) is 11.6 Å². The average Bonchev–Trinajstić information content (AvgIpc) is 2.52. The molecule has 128 valence electrons. The molecule has 1 unspecified atom stereocenters. The Labute approximate surface area is 131 Å². The number of anilines is 1. The molecule has 0 bridgehead atoms. The summed E-state index contributed by atoms with van der Waals surface area (Å²) in [6.45, 7) is 2.30. The smallest absolute Gasteiger partial charge is 0.331 e. The summed E-state index contributed by atoms with van der Waals surface area (Å²) in [5.41, 5.74) is -1.84. The highest BCUT2D eigenvalue weighted by Crippen LogP contribution is 2.18. The maximum absolute atomic E-state index is 12.8. The number of nitrogens with zero attached hydrogens (tertiary/aromatic N) is 2. The van der Waals surface area contributed by atoms with E-state index in [2.05, 4.69) is 10.6 Å². The minimum absolute atomic E-state index is 0.175. The predicted octanol–water partition coefficient (Wildman–Crippen LogP) is 0.874. The lowest BCUT2D eigenvalue weighted by atomic mass is 10.2. The molecule has 0 radical (unpaired) electrons. The molecule has 0 fully saturated rings. The zero-order chi connectivity index (χ0) is 17.1. The molecule has 1 atom stereocenters. The van der Waals surface area contributed by atoms with Gasteiger partial charge in [0, 0.05) is 13.6 Å². The second kappa shape index (κ2) is 6.93. The van der Waals surface area contributed by atoms with Gasteiger partial charge in [0.25, 0.3) is 17.9 Å². The highest BCUT2D eigenvalue weighted by Gasteiger charge is 2.34. The molecule has 1 aromatic heterocycles. The fraction of sp³-hybridized carbons (Fsp3) is 0.643. The van der Waals surface area contributed by atoms with Crippen molar-refractivity contribution >= 4 is 11.6 Å². The first-order valence-corrected chi connectivity index (χ1v) is 7.57. The standard InChI is InChI=1S/C14H20F2N4O3/c1-3-4-5-6-7-20-9-8(13(22)19(2)14(20)23)17-11(10(15)16)18-12(9)21/h10-11,17H,3-7H2,1-2H3,(H,18,21). The molecule has 2 N–H and O–H groups in total. The van der Waals surface area contributed by atoms with Crippen molar-refractivity contribution in [2.75, 3.05) is 5.32 Å². The van der Waals surface area contributed by atoms with Gasteiger partial charge in [-0.1, -0.05) is 26.2 Å². The summed E-state index contributed by atoms with van der Waals surface area (Å²) in [7, 11) is 1.26. The normalized spacial score (nSPS) is 16.9. The monoisotopic (exact) mass is 330 g/mol. The Bertz CT molecular complexity index is 711. The quantitative estimate of drug-likeness (QED) is 0.758. The van der Waals surface area contributed by atoms with Crippen LogP contribution >= 0.6 is 0 Å². The van der Waals surface area contributed by atoms with Gasteiger partial charge in [-0.15, -0.1) is 0 Å². The van der Waals surface area contributed by atoms with E-state index in [1.807, 2.05) is 6.92 Å². The van der Waals surface area contributed by atoms with Crippen LogP contribution in [0.25, 0.3) is 0 Å². The molecular formula is C14H20F2N4O3. The van der Waals surface area contributed by atoms with E-state index in [-0.39, 0.29) is 17.9 Å². The first-order chi connectivity index (χ1) is 10.9. The van der Waals surface area contributed by atoms with Crippen LogP contribution in [0.4, 0.5) is 14.5 Å². The van der Waals surface area contributed by atoms with Gasteiger partial charge < -0.3 is 10.6 Å². The highest BCUT2D eigenvalue weighted by molar-refractivity contribution is 5.99. The molecule has 9 heteroatoms. The fourth-order valence-electron chi connectivity index (χ4n) is 2.57. The molecule has 0 saturated carbocycles. The molecule has 1 aliphatic heterocycles. The number of fused-ring (bicyclic) bond motifs is 1. The molecule has 0 saturated heterocycles. The van der Waals surface area contributed by atoms with Crippen molar-refractivity contribution in [2.45, 2.75) is 51.7 Å². The SMILES string of the molecule is CCCCCCn1c2c(c(=O)n(C)c1=O)NC(C(F)F)NC2=O. The summed E-state index contributed by atoms with van der Waals surface area (Å²) in [5.74, 6) is -0.839. The molecule has 2 heterocycles. The number of carbonyl (C=O) groups excluding carboxylic acids is 1. The highest BCUT2D eigenvalue weighted by atomic mass is 19.3. The second-order valence-corrected chi connectivity index (χ2v) is 5.51. The Balaban J connectivity index is 2.47. The largest absolute Gasteiger partial charge is 0.354 e. The van der Waals surface area contributed by atoms with E-state index in [4.69, 9.17) is 0 Å². The molecule has 7 nitrogen and oxygen atoms in total. The molecule has 23 heavy (non-hydrogen) atoms. The average molecular weight is 330 g/mol. The number of carbonyl (C=O) groups is 1. The van der Waals surface area contributed by atoms with Gasteiger partial charge in [0.05, 0.1) is 0 Å². The first kappa shape index (κ1) is 17.2. The van der Waals surface area contributed by atoms with E-state index in [9.17, 15) is 23.2 Å². The third kappa shape index (κ3) is 3.27. The van der Waals surface area contributed by atoms with Gasteiger partial charge in [0.15, 0.2) is 6.17 Å². The van der Waals surface area contributed by atoms with Crippen molar-refractivity contribution in [3.63, 3.8) is 0 Å². The lowest BCUT2D eigenvalue weighted by Gasteiger charge is -2.28. The van der Waals surface area contributed by atoms with Gasteiger partial charge >= 0.3 is 5.69 Å². The van der Waals surface area contributed by atoms with Crippen LogP contribution in [-0.4, -0.2) is 27.6 Å². The molecule has 0 spiro atoms. The molecule has 1 amide bonds. The van der Waals surface area contributed by atoms with Crippen molar-refractivity contribution in [3.05, 3.63) is 26.5 Å². The maximum atomic E-state index is 12.8. The van der Waals surface area contributed by atoms with Crippen molar-refractivity contribution in [1.82, 2.24) is 14.5 Å². The predicted molar refractivity (Wildman–Crippen MR) is 81.0 cm³/mol. The van der Waals surface area contributed by atoms with Crippen molar-refractivity contribution < 1.29 is 13.6 Å². The molecule has 0 aliphatic carbocycles. The summed E-state index contributed by atoms with van der Waals surface area (Å²) in [6.07, 6.45) is -0.992. The molecular weight excluding hydrogens is 310 g/mol. The Morgan fingerprint density at radius 1 is 1.13 bits per heavy atom. The summed E-state index contributed by atoms with van der Waals surface area (Å²) < 4.78 is 27.7. The summed E-state index contributed by atoms with van der Waals surface area (Å²) in [4.78, 5) is 36.5. The van der Waals surface area contributed by atoms with Crippen molar-refractivity contribution in [1.29, 1.82) is 0 Å². The third-order valence-electron chi connectivity index (χ3n) is 3.83. The van der Waals surface area contributed by atoms with Crippen LogP contribution in [0, 0.1) is 0 Å². The number of aromatic nitrogens is 2. The summed E-state index contributed by atoms with van der Waals surface area (Å²) >= 11 is 0. The van der Waals surface area contributed by atoms with Crippen LogP contribution in [0.2, 0.25) is 0 Å². The van der Waals surface area contributed by atoms with Crippen LogP contribution in [0.15, 0.2) is 9.59 Å². The molecule has 2 rings (SSSR count). The van der Waals surface area contributed by atoms with E-state index in [0.717, 1.165) is 23.8 Å². The maximum Gasteiger partial charge on any atom is 0.331 e. The number of amides is 1. The zero-order valence-corrected chi connectivity index (χ0v) is 13.1. The van der Waals surface area contributed by atoms with Crippen LogP contribution in [0.1, 0.15) is 43.1 Å². The van der Waals surface area contributed by atoms with Gasteiger partial charge in [-0.25, -0.2) is 13.6 Å².